The van der Waals surface area contributed by atoms with Gasteiger partial charge in [0.2, 0.25) is 0 Å². The number of para-hydroxylation sites is 1. The quantitative estimate of drug-likeness (QED) is 0.740. The van der Waals surface area contributed by atoms with E-state index in [1.54, 1.807) is 0 Å². The standard InChI is InChI=1S/C17H19N3S/c1-2-16(17-9-6-12-21-17)18-13-15-10-11-19-20(15)14-7-4-3-5-8-14/h3-12,16,18H,2,13H2,1H3. The number of nitrogens with one attached hydrogen (secondary N) is 1. The molecule has 2 heterocycles. The van der Waals surface area contributed by atoms with Gasteiger partial charge in [0.1, 0.15) is 0 Å². The van der Waals surface area contributed by atoms with Crippen LogP contribution in [0.15, 0.2) is 60.1 Å². The molecule has 1 unspecified atom stereocenters. The fourth-order valence-corrected chi connectivity index (χ4v) is 3.32. The van der Waals surface area contributed by atoms with E-state index in [2.05, 4.69) is 53.1 Å². The SMILES string of the molecule is CCC(NCc1ccnn1-c1ccccc1)c1cccs1. The minimum atomic E-state index is 0.407. The third-order valence-corrected chi connectivity index (χ3v) is 4.53. The maximum absolute atomic E-state index is 4.43. The molecule has 1 aromatic carbocycles. The molecule has 2 aromatic heterocycles. The molecule has 0 aliphatic rings. The molecule has 0 saturated heterocycles. The first-order valence-corrected chi connectivity index (χ1v) is 8.11. The minimum absolute atomic E-state index is 0.407. The topological polar surface area (TPSA) is 29.9 Å². The summed E-state index contributed by atoms with van der Waals surface area (Å²) in [5.41, 5.74) is 2.28. The average molecular weight is 297 g/mol. The van der Waals surface area contributed by atoms with Gasteiger partial charge in [-0.1, -0.05) is 31.2 Å². The third kappa shape index (κ3) is 3.23. The van der Waals surface area contributed by atoms with E-state index in [0.717, 1.165) is 18.7 Å². The van der Waals surface area contributed by atoms with Crippen molar-refractivity contribution in [2.75, 3.05) is 0 Å². The van der Waals surface area contributed by atoms with Gasteiger partial charge in [0.15, 0.2) is 0 Å². The van der Waals surface area contributed by atoms with Crippen LogP contribution in [0.2, 0.25) is 0 Å². The van der Waals surface area contributed by atoms with Gasteiger partial charge in [-0.15, -0.1) is 11.3 Å². The van der Waals surface area contributed by atoms with Crippen LogP contribution in [0.4, 0.5) is 0 Å². The van der Waals surface area contributed by atoms with Crippen LogP contribution in [0.5, 0.6) is 0 Å². The van der Waals surface area contributed by atoms with Crippen LogP contribution in [0.1, 0.15) is 30.0 Å². The van der Waals surface area contributed by atoms with Gasteiger partial charge in [-0.25, -0.2) is 4.68 Å². The van der Waals surface area contributed by atoms with E-state index in [1.165, 1.54) is 10.6 Å². The molecule has 0 radical (unpaired) electrons. The van der Waals surface area contributed by atoms with E-state index in [1.807, 2.05) is 40.4 Å². The molecule has 3 rings (SSSR count). The Morgan fingerprint density at radius 2 is 2.00 bits per heavy atom. The van der Waals surface area contributed by atoms with Gasteiger partial charge in [-0.05, 0) is 36.1 Å². The summed E-state index contributed by atoms with van der Waals surface area (Å²) < 4.78 is 1.99. The predicted molar refractivity (Wildman–Crippen MR) is 87.8 cm³/mol. The van der Waals surface area contributed by atoms with Crippen molar-refractivity contribution in [3.05, 3.63) is 70.7 Å². The molecule has 0 spiro atoms. The van der Waals surface area contributed by atoms with Gasteiger partial charge >= 0.3 is 0 Å². The van der Waals surface area contributed by atoms with Gasteiger partial charge < -0.3 is 5.32 Å². The first kappa shape index (κ1) is 14.0. The Hall–Kier alpha value is -1.91. The van der Waals surface area contributed by atoms with Gasteiger partial charge in [0, 0.05) is 23.7 Å². The number of thiophene rings is 1. The zero-order chi connectivity index (χ0) is 14.5. The third-order valence-electron chi connectivity index (χ3n) is 3.55. The molecule has 0 bridgehead atoms. The molecule has 1 N–H and O–H groups in total. The molecule has 21 heavy (non-hydrogen) atoms. The predicted octanol–water partition coefficient (Wildman–Crippen LogP) is 4.17. The zero-order valence-corrected chi connectivity index (χ0v) is 12.9. The summed E-state index contributed by atoms with van der Waals surface area (Å²) in [6.07, 6.45) is 2.94. The molecule has 3 aromatic rings. The Bertz CT molecular complexity index is 658. The zero-order valence-electron chi connectivity index (χ0n) is 12.1. The highest BCUT2D eigenvalue weighted by molar-refractivity contribution is 7.10. The van der Waals surface area contributed by atoms with E-state index in [9.17, 15) is 0 Å². The number of benzene rings is 1. The molecule has 0 fully saturated rings. The lowest BCUT2D eigenvalue weighted by Gasteiger charge is -2.16. The van der Waals surface area contributed by atoms with Crippen LogP contribution >= 0.6 is 11.3 Å². The summed E-state index contributed by atoms with van der Waals surface area (Å²) in [7, 11) is 0. The van der Waals surface area contributed by atoms with E-state index < -0.39 is 0 Å². The van der Waals surface area contributed by atoms with E-state index in [-0.39, 0.29) is 0 Å². The summed E-state index contributed by atoms with van der Waals surface area (Å²) in [6, 6.07) is 17.0. The van der Waals surface area contributed by atoms with E-state index in [4.69, 9.17) is 0 Å². The average Bonchev–Trinajstić information content (AvgIpc) is 3.20. The normalized spacial score (nSPS) is 12.4. The second-order valence-corrected chi connectivity index (χ2v) is 5.91. The van der Waals surface area contributed by atoms with Crippen LogP contribution in [-0.4, -0.2) is 9.78 Å². The van der Waals surface area contributed by atoms with Crippen molar-refractivity contribution in [3.63, 3.8) is 0 Å². The minimum Gasteiger partial charge on any atom is -0.304 e. The summed E-state index contributed by atoms with van der Waals surface area (Å²) in [4.78, 5) is 1.39. The lowest BCUT2D eigenvalue weighted by atomic mass is 10.2. The number of aromatic nitrogens is 2. The molecule has 0 aliphatic carbocycles. The first-order chi connectivity index (χ1) is 10.4. The van der Waals surface area contributed by atoms with Crippen molar-refractivity contribution in [1.82, 2.24) is 15.1 Å². The Morgan fingerprint density at radius 3 is 2.71 bits per heavy atom. The molecule has 0 saturated carbocycles. The number of hydrogen-bond acceptors (Lipinski definition) is 3. The smallest absolute Gasteiger partial charge is 0.0649 e. The van der Waals surface area contributed by atoms with Gasteiger partial charge in [-0.2, -0.15) is 5.10 Å². The molecule has 108 valence electrons. The number of hydrogen-bond donors (Lipinski definition) is 1. The fourth-order valence-electron chi connectivity index (χ4n) is 2.43. The van der Waals surface area contributed by atoms with Gasteiger partial charge in [-0.3, -0.25) is 0 Å². The molecular formula is C17H19N3S. The summed E-state index contributed by atoms with van der Waals surface area (Å²) in [6.45, 7) is 3.02. The molecule has 3 nitrogen and oxygen atoms in total. The van der Waals surface area contributed by atoms with Gasteiger partial charge in [0.25, 0.3) is 0 Å². The number of rotatable bonds is 6. The van der Waals surface area contributed by atoms with Crippen LogP contribution in [0.25, 0.3) is 5.69 Å². The highest BCUT2D eigenvalue weighted by atomic mass is 32.1. The summed E-state index contributed by atoms with van der Waals surface area (Å²) >= 11 is 1.81. The highest BCUT2D eigenvalue weighted by Gasteiger charge is 2.11. The van der Waals surface area contributed by atoms with Crippen LogP contribution in [0, 0.1) is 0 Å². The van der Waals surface area contributed by atoms with Crippen molar-refractivity contribution in [3.8, 4) is 5.69 Å². The van der Waals surface area contributed by atoms with Crippen molar-refractivity contribution in [1.29, 1.82) is 0 Å². The van der Waals surface area contributed by atoms with Crippen LogP contribution in [0.3, 0.4) is 0 Å². The molecular weight excluding hydrogens is 278 g/mol. The second-order valence-electron chi connectivity index (χ2n) is 4.93. The molecule has 4 heteroatoms. The highest BCUT2D eigenvalue weighted by Crippen LogP contribution is 2.22. The first-order valence-electron chi connectivity index (χ1n) is 7.23. The fraction of sp³-hybridized carbons (Fsp3) is 0.235. The monoisotopic (exact) mass is 297 g/mol. The Morgan fingerprint density at radius 1 is 1.14 bits per heavy atom. The second kappa shape index (κ2) is 6.70. The summed E-state index contributed by atoms with van der Waals surface area (Å²) in [5, 5.41) is 10.2. The van der Waals surface area contributed by atoms with E-state index >= 15 is 0 Å². The summed E-state index contributed by atoms with van der Waals surface area (Å²) in [5.74, 6) is 0. The van der Waals surface area contributed by atoms with Crippen molar-refractivity contribution in [2.24, 2.45) is 0 Å². The lowest BCUT2D eigenvalue weighted by molar-refractivity contribution is 0.515. The molecule has 1 atom stereocenters. The number of nitrogens with zero attached hydrogens (tertiary/aromatic N) is 2. The van der Waals surface area contributed by atoms with Crippen LogP contribution < -0.4 is 5.32 Å². The molecule has 0 amide bonds. The van der Waals surface area contributed by atoms with Crippen molar-refractivity contribution >= 4 is 11.3 Å². The Labute approximate surface area is 129 Å². The Balaban J connectivity index is 1.73. The van der Waals surface area contributed by atoms with Crippen LogP contribution in [-0.2, 0) is 6.54 Å². The van der Waals surface area contributed by atoms with Crippen molar-refractivity contribution < 1.29 is 0 Å². The lowest BCUT2D eigenvalue weighted by Crippen LogP contribution is -2.21. The Kier molecular flexibility index (Phi) is 4.48. The van der Waals surface area contributed by atoms with Gasteiger partial charge in [0.05, 0.1) is 11.4 Å². The maximum Gasteiger partial charge on any atom is 0.0649 e. The molecule has 0 aliphatic heterocycles. The maximum atomic E-state index is 4.43. The van der Waals surface area contributed by atoms with E-state index in [0.29, 0.717) is 6.04 Å². The van der Waals surface area contributed by atoms with Crippen molar-refractivity contribution in [2.45, 2.75) is 25.9 Å². The largest absolute Gasteiger partial charge is 0.304 e.